The highest BCUT2D eigenvalue weighted by atomic mass is 16.6. The van der Waals surface area contributed by atoms with Crippen molar-refractivity contribution in [3.05, 3.63) is 0 Å². The molecule has 0 aliphatic carbocycles. The molecule has 8 heteroatoms. The lowest BCUT2D eigenvalue weighted by Gasteiger charge is -2.32. The van der Waals surface area contributed by atoms with E-state index in [1.54, 1.807) is 69.2 Å². The zero-order chi connectivity index (χ0) is 22.2. The molecule has 0 radical (unpaired) electrons. The number of rotatable bonds is 3. The fourth-order valence-electron chi connectivity index (χ4n) is 3.14. The van der Waals surface area contributed by atoms with Gasteiger partial charge in [0.15, 0.2) is 11.3 Å². The summed E-state index contributed by atoms with van der Waals surface area (Å²) in [6.07, 6.45) is -1.80. The van der Waals surface area contributed by atoms with Crippen molar-refractivity contribution in [3.63, 3.8) is 0 Å². The molecule has 2 unspecified atom stereocenters. The van der Waals surface area contributed by atoms with Crippen molar-refractivity contribution in [2.75, 3.05) is 0 Å². The number of carbonyl (C=O) groups excluding carboxylic acids is 4. The lowest BCUT2D eigenvalue weighted by Crippen LogP contribution is -2.62. The molecular formula is C20H34N2O6. The number of amides is 3. The molecule has 1 N–H and O–H groups in total. The van der Waals surface area contributed by atoms with Gasteiger partial charge in [0, 0.05) is 0 Å². The van der Waals surface area contributed by atoms with Gasteiger partial charge in [-0.1, -0.05) is 27.7 Å². The average Bonchev–Trinajstić information content (AvgIpc) is 2.65. The fraction of sp³-hybridized carbons (Fsp3) is 0.800. The van der Waals surface area contributed by atoms with Crippen molar-refractivity contribution in [1.29, 1.82) is 0 Å². The lowest BCUT2D eigenvalue weighted by atomic mass is 9.80. The Hall–Kier alpha value is -2.12. The third-order valence-electron chi connectivity index (χ3n) is 4.28. The van der Waals surface area contributed by atoms with Gasteiger partial charge in [0.1, 0.15) is 17.2 Å². The maximum absolute atomic E-state index is 13.4. The Labute approximate surface area is 167 Å². The van der Waals surface area contributed by atoms with Crippen molar-refractivity contribution >= 4 is 23.9 Å². The summed E-state index contributed by atoms with van der Waals surface area (Å²) in [5, 5.41) is 2.47. The molecule has 1 fully saturated rings. The van der Waals surface area contributed by atoms with Crippen LogP contribution in [0.3, 0.4) is 0 Å². The molecule has 1 aliphatic heterocycles. The number of hydrogen-bond acceptors (Lipinski definition) is 6. The highest BCUT2D eigenvalue weighted by Gasteiger charge is 2.64. The number of carbonyl (C=O) groups is 4. The van der Waals surface area contributed by atoms with Crippen molar-refractivity contribution in [3.8, 4) is 0 Å². The molecule has 0 spiro atoms. The van der Waals surface area contributed by atoms with Crippen LogP contribution in [0, 0.1) is 11.8 Å². The Morgan fingerprint density at radius 2 is 1.43 bits per heavy atom. The van der Waals surface area contributed by atoms with E-state index in [0.717, 1.165) is 4.90 Å². The molecule has 160 valence electrons. The van der Waals surface area contributed by atoms with Crippen LogP contribution >= 0.6 is 0 Å². The highest BCUT2D eigenvalue weighted by molar-refractivity contribution is 6.24. The number of ether oxygens (including phenoxy) is 2. The van der Waals surface area contributed by atoms with E-state index in [4.69, 9.17) is 9.47 Å². The molecule has 0 aromatic rings. The lowest BCUT2D eigenvalue weighted by molar-refractivity contribution is -0.137. The van der Waals surface area contributed by atoms with Crippen LogP contribution in [-0.2, 0) is 19.1 Å². The summed E-state index contributed by atoms with van der Waals surface area (Å²) >= 11 is 0. The topological polar surface area (TPSA) is 102 Å². The Morgan fingerprint density at radius 3 is 1.79 bits per heavy atom. The molecule has 1 heterocycles. The van der Waals surface area contributed by atoms with Crippen molar-refractivity contribution in [2.45, 2.75) is 92.0 Å². The summed E-state index contributed by atoms with van der Waals surface area (Å²) in [6.45, 7) is 16.8. The van der Waals surface area contributed by atoms with Gasteiger partial charge in [-0.25, -0.2) is 14.5 Å². The van der Waals surface area contributed by atoms with Crippen LogP contribution in [-0.4, -0.2) is 51.6 Å². The summed E-state index contributed by atoms with van der Waals surface area (Å²) in [5.74, 6) is -2.30. The fourth-order valence-corrected chi connectivity index (χ4v) is 3.14. The molecule has 0 saturated carbocycles. The van der Waals surface area contributed by atoms with E-state index in [9.17, 15) is 19.2 Å². The summed E-state index contributed by atoms with van der Waals surface area (Å²) < 4.78 is 10.6. The molecule has 0 aromatic carbocycles. The first-order chi connectivity index (χ1) is 12.4. The van der Waals surface area contributed by atoms with Gasteiger partial charge in [0.25, 0.3) is 5.91 Å². The second-order valence-corrected chi connectivity index (χ2v) is 9.80. The zero-order valence-corrected chi connectivity index (χ0v) is 18.6. The third kappa shape index (κ3) is 4.83. The largest absolute Gasteiger partial charge is 0.444 e. The maximum atomic E-state index is 13.4. The smallest absolute Gasteiger partial charge is 0.417 e. The summed E-state index contributed by atoms with van der Waals surface area (Å²) in [4.78, 5) is 52.7. The van der Waals surface area contributed by atoms with Gasteiger partial charge in [-0.3, -0.25) is 14.9 Å². The average molecular weight is 399 g/mol. The normalized spacial score (nSPS) is 23.4. The summed E-state index contributed by atoms with van der Waals surface area (Å²) in [6, 6.07) is -1.04. The number of ketones is 1. The van der Waals surface area contributed by atoms with Gasteiger partial charge >= 0.3 is 12.2 Å². The standard InChI is InChI=1S/C20H34N2O6/c1-11(2)13-14(23)20(12(3)4,21-16(25)27-18(5,6)7)15(24)22(13)17(26)28-19(8,9)10/h11-13H,1-10H3,(H,21,25). The second-order valence-electron chi connectivity index (χ2n) is 9.80. The minimum atomic E-state index is -1.89. The summed E-state index contributed by atoms with van der Waals surface area (Å²) in [5.41, 5.74) is -3.55. The molecule has 2 atom stereocenters. The number of nitrogens with zero attached hydrogens (tertiary/aromatic N) is 1. The molecular weight excluding hydrogens is 364 g/mol. The van der Waals surface area contributed by atoms with Crippen LogP contribution in [0.4, 0.5) is 9.59 Å². The predicted octanol–water partition coefficient (Wildman–Crippen LogP) is 3.28. The van der Waals surface area contributed by atoms with E-state index in [2.05, 4.69) is 5.32 Å². The van der Waals surface area contributed by atoms with E-state index in [1.807, 2.05) is 0 Å². The van der Waals surface area contributed by atoms with Gasteiger partial charge in [-0.15, -0.1) is 0 Å². The van der Waals surface area contributed by atoms with Crippen LogP contribution in [0.2, 0.25) is 0 Å². The van der Waals surface area contributed by atoms with Gasteiger partial charge in [-0.05, 0) is 53.4 Å². The van der Waals surface area contributed by atoms with Crippen LogP contribution in [0.15, 0.2) is 0 Å². The molecule has 0 aromatic heterocycles. The maximum Gasteiger partial charge on any atom is 0.417 e. The first kappa shape index (κ1) is 23.9. The van der Waals surface area contributed by atoms with Gasteiger partial charge in [-0.2, -0.15) is 0 Å². The number of imide groups is 1. The monoisotopic (exact) mass is 398 g/mol. The number of Topliss-reactive ketones (excluding diaryl/α,β-unsaturated/α-hetero) is 1. The Morgan fingerprint density at radius 1 is 0.964 bits per heavy atom. The van der Waals surface area contributed by atoms with E-state index >= 15 is 0 Å². The Kier molecular flexibility index (Phi) is 6.59. The molecule has 3 amide bonds. The molecule has 28 heavy (non-hydrogen) atoms. The quantitative estimate of drug-likeness (QED) is 0.732. The minimum Gasteiger partial charge on any atom is -0.444 e. The molecule has 8 nitrogen and oxygen atoms in total. The van der Waals surface area contributed by atoms with E-state index < -0.39 is 52.6 Å². The van der Waals surface area contributed by atoms with Gasteiger partial charge < -0.3 is 9.47 Å². The third-order valence-corrected chi connectivity index (χ3v) is 4.28. The molecule has 0 bridgehead atoms. The van der Waals surface area contributed by atoms with Gasteiger partial charge in [0.2, 0.25) is 0 Å². The molecule has 1 saturated heterocycles. The molecule has 1 aliphatic rings. The SMILES string of the molecule is CC(C)C1C(=O)C(NC(=O)OC(C)(C)C)(C(C)C)C(=O)N1C(=O)OC(C)(C)C. The first-order valence-electron chi connectivity index (χ1n) is 9.56. The zero-order valence-electron chi connectivity index (χ0n) is 18.6. The predicted molar refractivity (Wildman–Crippen MR) is 104 cm³/mol. The van der Waals surface area contributed by atoms with E-state index in [0.29, 0.717) is 0 Å². The van der Waals surface area contributed by atoms with Crippen molar-refractivity contribution in [1.82, 2.24) is 10.2 Å². The van der Waals surface area contributed by atoms with Crippen LogP contribution in [0.25, 0.3) is 0 Å². The van der Waals surface area contributed by atoms with E-state index in [-0.39, 0.29) is 5.92 Å². The van der Waals surface area contributed by atoms with Crippen molar-refractivity contribution < 1.29 is 28.7 Å². The van der Waals surface area contributed by atoms with Crippen LogP contribution in [0.5, 0.6) is 0 Å². The van der Waals surface area contributed by atoms with E-state index in [1.165, 1.54) is 0 Å². The van der Waals surface area contributed by atoms with Gasteiger partial charge in [0.05, 0.1) is 0 Å². The van der Waals surface area contributed by atoms with Crippen LogP contribution in [0.1, 0.15) is 69.2 Å². The Balaban J connectivity index is 3.42. The number of likely N-dealkylation sites (tertiary alicyclic amines) is 1. The highest BCUT2D eigenvalue weighted by Crippen LogP contribution is 2.36. The van der Waals surface area contributed by atoms with Crippen molar-refractivity contribution in [2.24, 2.45) is 11.8 Å². The first-order valence-corrected chi connectivity index (χ1v) is 9.56. The number of nitrogens with one attached hydrogen (secondary N) is 1. The number of alkyl carbamates (subject to hydrolysis) is 1. The number of hydrogen-bond donors (Lipinski definition) is 1. The van der Waals surface area contributed by atoms with Crippen LogP contribution < -0.4 is 5.32 Å². The molecule has 1 rings (SSSR count). The second kappa shape index (κ2) is 7.72. The minimum absolute atomic E-state index is 0.356. The Bertz CT molecular complexity index is 657. The summed E-state index contributed by atoms with van der Waals surface area (Å²) in [7, 11) is 0.